The molecule has 4 nitrogen and oxygen atoms in total. The first-order chi connectivity index (χ1) is 8.00. The van der Waals surface area contributed by atoms with Crippen LogP contribution in [0.2, 0.25) is 0 Å². The van der Waals surface area contributed by atoms with Crippen LogP contribution in [0.25, 0.3) is 0 Å². The van der Waals surface area contributed by atoms with Gasteiger partial charge in [-0.1, -0.05) is 26.0 Å². The molecule has 1 aliphatic rings. The van der Waals surface area contributed by atoms with Gasteiger partial charge in [0.2, 0.25) is 5.91 Å². The van der Waals surface area contributed by atoms with Gasteiger partial charge in [-0.05, 0) is 31.6 Å². The topological polar surface area (TPSA) is 66.4 Å². The lowest BCUT2D eigenvalue weighted by atomic mass is 9.93. The highest BCUT2D eigenvalue weighted by Gasteiger charge is 2.25. The van der Waals surface area contributed by atoms with Gasteiger partial charge in [-0.3, -0.25) is 4.79 Å². The lowest BCUT2D eigenvalue weighted by Gasteiger charge is -2.21. The average Bonchev–Trinajstić information content (AvgIpc) is 2.28. The molecule has 96 valence electrons. The Kier molecular flexibility index (Phi) is 5.19. The monoisotopic (exact) mass is 239 g/mol. The number of amides is 1. The average molecular weight is 239 g/mol. The third kappa shape index (κ3) is 4.59. The van der Waals surface area contributed by atoms with Crippen molar-refractivity contribution >= 4 is 11.9 Å². The zero-order valence-electron chi connectivity index (χ0n) is 10.5. The highest BCUT2D eigenvalue weighted by atomic mass is 16.4. The summed E-state index contributed by atoms with van der Waals surface area (Å²) in [5.74, 6) is -0.877. The molecule has 0 saturated carbocycles. The van der Waals surface area contributed by atoms with Gasteiger partial charge in [0.05, 0.1) is 0 Å². The molecule has 0 aliphatic heterocycles. The van der Waals surface area contributed by atoms with Crippen LogP contribution in [0.4, 0.5) is 0 Å². The van der Waals surface area contributed by atoms with E-state index in [0.29, 0.717) is 6.42 Å². The van der Waals surface area contributed by atoms with Crippen LogP contribution in [0, 0.1) is 11.8 Å². The van der Waals surface area contributed by atoms with Crippen molar-refractivity contribution in [3.05, 3.63) is 12.2 Å². The van der Waals surface area contributed by atoms with Crippen LogP contribution in [0.5, 0.6) is 0 Å². The summed E-state index contributed by atoms with van der Waals surface area (Å²) in [4.78, 5) is 22.9. The zero-order valence-corrected chi connectivity index (χ0v) is 10.5. The minimum absolute atomic E-state index is 0.0611. The summed E-state index contributed by atoms with van der Waals surface area (Å²) < 4.78 is 0. The zero-order chi connectivity index (χ0) is 12.8. The Morgan fingerprint density at radius 3 is 2.59 bits per heavy atom. The Balaban J connectivity index is 2.51. The molecular formula is C13H21NO3. The lowest BCUT2D eigenvalue weighted by molar-refractivity contribution is -0.143. The summed E-state index contributed by atoms with van der Waals surface area (Å²) in [5, 5.41) is 11.7. The van der Waals surface area contributed by atoms with Crippen molar-refractivity contribution in [3.63, 3.8) is 0 Å². The molecular weight excluding hydrogens is 218 g/mol. The molecule has 4 heteroatoms. The first-order valence-electron chi connectivity index (χ1n) is 6.19. The highest BCUT2D eigenvalue weighted by molar-refractivity contribution is 5.85. The summed E-state index contributed by atoms with van der Waals surface area (Å²) in [6, 6.07) is -0.756. The number of nitrogens with one attached hydrogen (secondary N) is 1. The molecule has 0 aromatic rings. The molecule has 1 amide bonds. The second-order valence-electron chi connectivity index (χ2n) is 5.01. The molecule has 1 rings (SSSR count). The van der Waals surface area contributed by atoms with Gasteiger partial charge in [0, 0.05) is 5.92 Å². The van der Waals surface area contributed by atoms with Gasteiger partial charge in [0.25, 0.3) is 0 Å². The second kappa shape index (κ2) is 6.42. The molecule has 0 bridgehead atoms. The SMILES string of the molecule is CC(C)CC(NC(=O)C1CC=CCC1)C(=O)O. The van der Waals surface area contributed by atoms with E-state index in [9.17, 15) is 9.59 Å². The Hall–Kier alpha value is -1.32. The Bertz CT molecular complexity index is 310. The van der Waals surface area contributed by atoms with Crippen LogP contribution in [-0.2, 0) is 9.59 Å². The second-order valence-corrected chi connectivity index (χ2v) is 5.01. The molecule has 0 heterocycles. The van der Waals surface area contributed by atoms with Gasteiger partial charge in [0.1, 0.15) is 6.04 Å². The van der Waals surface area contributed by atoms with Gasteiger partial charge in [-0.15, -0.1) is 0 Å². The summed E-state index contributed by atoms with van der Waals surface area (Å²) >= 11 is 0. The van der Waals surface area contributed by atoms with Gasteiger partial charge in [-0.25, -0.2) is 4.79 Å². The van der Waals surface area contributed by atoms with Crippen molar-refractivity contribution in [2.45, 2.75) is 45.6 Å². The highest BCUT2D eigenvalue weighted by Crippen LogP contribution is 2.18. The maximum absolute atomic E-state index is 11.9. The van der Waals surface area contributed by atoms with E-state index >= 15 is 0 Å². The van der Waals surface area contributed by atoms with Gasteiger partial charge in [0.15, 0.2) is 0 Å². The molecule has 0 saturated heterocycles. The minimum Gasteiger partial charge on any atom is -0.480 e. The fourth-order valence-electron chi connectivity index (χ4n) is 2.01. The van der Waals surface area contributed by atoms with Gasteiger partial charge in [-0.2, -0.15) is 0 Å². The summed E-state index contributed by atoms with van der Waals surface area (Å²) in [6.07, 6.45) is 6.97. The van der Waals surface area contributed by atoms with Gasteiger partial charge >= 0.3 is 5.97 Å². The summed E-state index contributed by atoms with van der Waals surface area (Å²) in [5.41, 5.74) is 0. The van der Waals surface area contributed by atoms with Crippen LogP contribution in [0.15, 0.2) is 12.2 Å². The largest absolute Gasteiger partial charge is 0.480 e. The number of carboxylic acid groups (broad SMARTS) is 1. The molecule has 1 aliphatic carbocycles. The van der Waals surface area contributed by atoms with E-state index in [1.54, 1.807) is 0 Å². The Morgan fingerprint density at radius 2 is 2.12 bits per heavy atom. The van der Waals surface area contributed by atoms with E-state index in [1.807, 2.05) is 19.9 Å². The Morgan fingerprint density at radius 1 is 1.41 bits per heavy atom. The van der Waals surface area contributed by atoms with E-state index in [4.69, 9.17) is 5.11 Å². The van der Waals surface area contributed by atoms with Crippen molar-refractivity contribution < 1.29 is 14.7 Å². The van der Waals surface area contributed by atoms with Crippen molar-refractivity contribution in [1.82, 2.24) is 5.32 Å². The predicted octanol–water partition coefficient (Wildman–Crippen LogP) is 1.96. The smallest absolute Gasteiger partial charge is 0.326 e. The third-order valence-corrected chi connectivity index (χ3v) is 2.96. The molecule has 2 atom stereocenters. The standard InChI is InChI=1S/C13H21NO3/c1-9(2)8-11(13(16)17)14-12(15)10-6-4-3-5-7-10/h3-4,9-11H,5-8H2,1-2H3,(H,14,15)(H,16,17). The number of hydrogen-bond acceptors (Lipinski definition) is 2. The van der Waals surface area contributed by atoms with Crippen molar-refractivity contribution in [2.24, 2.45) is 11.8 Å². The first kappa shape index (κ1) is 13.7. The Labute approximate surface area is 102 Å². The molecule has 0 radical (unpaired) electrons. The van der Waals surface area contributed by atoms with Crippen molar-refractivity contribution in [3.8, 4) is 0 Å². The van der Waals surface area contributed by atoms with E-state index in [0.717, 1.165) is 19.3 Å². The lowest BCUT2D eigenvalue weighted by Crippen LogP contribution is -2.44. The molecule has 0 fully saturated rings. The van der Waals surface area contributed by atoms with E-state index < -0.39 is 12.0 Å². The number of carbonyl (C=O) groups is 2. The van der Waals surface area contributed by atoms with E-state index in [-0.39, 0.29) is 17.7 Å². The molecule has 0 spiro atoms. The maximum Gasteiger partial charge on any atom is 0.326 e. The van der Waals surface area contributed by atoms with Crippen molar-refractivity contribution in [1.29, 1.82) is 0 Å². The maximum atomic E-state index is 11.9. The van der Waals surface area contributed by atoms with Crippen molar-refractivity contribution in [2.75, 3.05) is 0 Å². The number of carboxylic acids is 1. The predicted molar refractivity (Wildman–Crippen MR) is 65.5 cm³/mol. The van der Waals surface area contributed by atoms with Crippen LogP contribution in [-0.4, -0.2) is 23.0 Å². The van der Waals surface area contributed by atoms with Gasteiger partial charge < -0.3 is 10.4 Å². The normalized spacial score (nSPS) is 21.2. The number of allylic oxidation sites excluding steroid dienone is 2. The number of rotatable bonds is 5. The first-order valence-corrected chi connectivity index (χ1v) is 6.19. The van der Waals surface area contributed by atoms with Crippen LogP contribution >= 0.6 is 0 Å². The molecule has 0 aromatic heterocycles. The van der Waals surface area contributed by atoms with E-state index in [1.165, 1.54) is 0 Å². The fraction of sp³-hybridized carbons (Fsp3) is 0.692. The minimum atomic E-state index is -0.946. The van der Waals surface area contributed by atoms with E-state index in [2.05, 4.69) is 11.4 Å². The third-order valence-electron chi connectivity index (χ3n) is 2.96. The molecule has 2 N–H and O–H groups in total. The molecule has 2 unspecified atom stereocenters. The summed E-state index contributed by atoms with van der Waals surface area (Å²) in [6.45, 7) is 3.90. The van der Waals surface area contributed by atoms with Crippen LogP contribution in [0.3, 0.4) is 0 Å². The van der Waals surface area contributed by atoms with Crippen LogP contribution < -0.4 is 5.32 Å². The fourth-order valence-corrected chi connectivity index (χ4v) is 2.01. The summed E-state index contributed by atoms with van der Waals surface area (Å²) in [7, 11) is 0. The quantitative estimate of drug-likeness (QED) is 0.721. The number of carbonyl (C=O) groups excluding carboxylic acids is 1. The van der Waals surface area contributed by atoms with Crippen LogP contribution in [0.1, 0.15) is 39.5 Å². The number of aliphatic carboxylic acids is 1. The molecule has 0 aromatic carbocycles. The number of hydrogen-bond donors (Lipinski definition) is 2. The molecule has 17 heavy (non-hydrogen) atoms.